The van der Waals surface area contributed by atoms with Gasteiger partial charge >= 0.3 is 6.18 Å². The molecule has 1 heterocycles. The van der Waals surface area contributed by atoms with Gasteiger partial charge in [-0.05, 0) is 49.3 Å². The lowest BCUT2D eigenvalue weighted by Gasteiger charge is -2.27. The minimum atomic E-state index is -4.40. The van der Waals surface area contributed by atoms with Crippen LogP contribution in [0.5, 0.6) is 11.5 Å². The maximum Gasteiger partial charge on any atom is 0.422 e. The number of halogens is 3. The maximum atomic E-state index is 12.4. The van der Waals surface area contributed by atoms with E-state index in [1.807, 2.05) is 4.90 Å². The molecule has 2 atom stereocenters. The van der Waals surface area contributed by atoms with Gasteiger partial charge in [-0.2, -0.15) is 13.2 Å². The Morgan fingerprint density at radius 3 is 2.68 bits per heavy atom. The van der Waals surface area contributed by atoms with Crippen LogP contribution < -0.4 is 9.47 Å². The quantitative estimate of drug-likeness (QED) is 0.781. The lowest BCUT2D eigenvalue weighted by Crippen LogP contribution is -2.37. The molecule has 138 valence electrons. The van der Waals surface area contributed by atoms with Crippen molar-refractivity contribution in [2.24, 2.45) is 5.92 Å². The molecule has 1 amide bonds. The average Bonchev–Trinajstić information content (AvgIpc) is 3.20. The summed E-state index contributed by atoms with van der Waals surface area (Å²) in [5.74, 6) is 1.11. The van der Waals surface area contributed by atoms with Gasteiger partial charge in [0, 0.05) is 19.0 Å². The molecule has 2 aliphatic rings. The van der Waals surface area contributed by atoms with Gasteiger partial charge in [0.25, 0.3) is 0 Å². The molecule has 1 aromatic rings. The van der Waals surface area contributed by atoms with E-state index in [0.717, 1.165) is 24.9 Å². The van der Waals surface area contributed by atoms with Gasteiger partial charge in [0.05, 0.1) is 7.11 Å². The van der Waals surface area contributed by atoms with Crippen molar-refractivity contribution in [3.8, 4) is 11.5 Å². The minimum Gasteiger partial charge on any atom is -0.493 e. The molecule has 0 aromatic heterocycles. The average molecular weight is 357 g/mol. The Kier molecular flexibility index (Phi) is 5.11. The molecule has 1 saturated carbocycles. The van der Waals surface area contributed by atoms with E-state index in [0.29, 0.717) is 24.8 Å². The van der Waals surface area contributed by atoms with Crippen molar-refractivity contribution in [3.63, 3.8) is 0 Å². The zero-order chi connectivity index (χ0) is 18.0. The van der Waals surface area contributed by atoms with Crippen molar-refractivity contribution in [3.05, 3.63) is 23.8 Å². The number of aryl methyl sites for hydroxylation is 1. The Morgan fingerprint density at radius 2 is 2.08 bits per heavy atom. The molecule has 4 nitrogen and oxygen atoms in total. The second-order valence-electron chi connectivity index (χ2n) is 6.77. The van der Waals surface area contributed by atoms with Crippen molar-refractivity contribution in [1.29, 1.82) is 0 Å². The number of rotatable bonds is 6. The van der Waals surface area contributed by atoms with Crippen LogP contribution in [-0.4, -0.2) is 43.3 Å². The standard InChI is InChI=1S/C18H22F3NO3/c1-24-16-9-12(3-6-15(16)25-11-18(19,20)21)4-7-17(23)22-10-13-2-5-14(22)8-13/h3,6,9,13-14H,2,4-5,7-8,10-11H2,1H3/t13-,14-/m0/s1. The van der Waals surface area contributed by atoms with E-state index < -0.39 is 12.8 Å². The predicted octanol–water partition coefficient (Wildman–Crippen LogP) is 3.58. The van der Waals surface area contributed by atoms with Gasteiger partial charge in [-0.25, -0.2) is 0 Å². The summed E-state index contributed by atoms with van der Waals surface area (Å²) in [5.41, 5.74) is 0.842. The Labute approximate surface area is 144 Å². The van der Waals surface area contributed by atoms with E-state index in [9.17, 15) is 18.0 Å². The number of hydrogen-bond donors (Lipinski definition) is 0. The van der Waals surface area contributed by atoms with Gasteiger partial charge in [-0.3, -0.25) is 4.79 Å². The van der Waals surface area contributed by atoms with Crippen molar-refractivity contribution < 1.29 is 27.4 Å². The first kappa shape index (κ1) is 17.9. The number of fused-ring (bicyclic) bond motifs is 2. The van der Waals surface area contributed by atoms with Gasteiger partial charge in [0.1, 0.15) is 0 Å². The Balaban J connectivity index is 1.56. The molecule has 1 aromatic carbocycles. The number of methoxy groups -OCH3 is 1. The number of ether oxygens (including phenoxy) is 2. The number of piperidine rings is 1. The van der Waals surface area contributed by atoms with Crippen LogP contribution >= 0.6 is 0 Å². The fourth-order valence-electron chi connectivity index (χ4n) is 3.77. The first-order valence-corrected chi connectivity index (χ1v) is 8.51. The highest BCUT2D eigenvalue weighted by atomic mass is 19.4. The zero-order valence-electron chi connectivity index (χ0n) is 14.1. The monoisotopic (exact) mass is 357 g/mol. The summed E-state index contributed by atoms with van der Waals surface area (Å²) in [7, 11) is 1.38. The predicted molar refractivity (Wildman–Crippen MR) is 85.7 cm³/mol. The fourth-order valence-corrected chi connectivity index (χ4v) is 3.77. The molecule has 1 aliphatic heterocycles. The van der Waals surface area contributed by atoms with Gasteiger partial charge in [-0.1, -0.05) is 6.07 Å². The van der Waals surface area contributed by atoms with Crippen LogP contribution in [0.3, 0.4) is 0 Å². The number of carbonyl (C=O) groups excluding carboxylic acids is 1. The number of carbonyl (C=O) groups is 1. The normalized spacial score (nSPS) is 22.3. The SMILES string of the molecule is COc1cc(CCC(=O)N2C[C@H]3CC[C@H]2C3)ccc1OCC(F)(F)F. The fraction of sp³-hybridized carbons (Fsp3) is 0.611. The lowest BCUT2D eigenvalue weighted by atomic mass is 10.1. The van der Waals surface area contributed by atoms with Crippen LogP contribution in [0.4, 0.5) is 13.2 Å². The summed E-state index contributed by atoms with van der Waals surface area (Å²) >= 11 is 0. The number of alkyl halides is 3. The third kappa shape index (κ3) is 4.38. The van der Waals surface area contributed by atoms with Crippen LogP contribution in [-0.2, 0) is 11.2 Å². The molecule has 0 radical (unpaired) electrons. The first-order valence-electron chi connectivity index (χ1n) is 8.51. The van der Waals surface area contributed by atoms with Gasteiger partial charge in [-0.15, -0.1) is 0 Å². The van der Waals surface area contributed by atoms with E-state index in [2.05, 4.69) is 0 Å². The molecule has 0 unspecified atom stereocenters. The van der Waals surface area contributed by atoms with Crippen molar-refractivity contribution in [2.45, 2.75) is 44.3 Å². The zero-order valence-corrected chi connectivity index (χ0v) is 14.1. The summed E-state index contributed by atoms with van der Waals surface area (Å²) in [6.45, 7) is -0.490. The second-order valence-corrected chi connectivity index (χ2v) is 6.77. The molecule has 0 N–H and O–H groups in total. The van der Waals surface area contributed by atoms with Crippen LogP contribution in [0.1, 0.15) is 31.2 Å². The van der Waals surface area contributed by atoms with Crippen LogP contribution in [0.2, 0.25) is 0 Å². The molecule has 3 rings (SSSR count). The number of amides is 1. The second kappa shape index (κ2) is 7.14. The van der Waals surface area contributed by atoms with E-state index in [-0.39, 0.29) is 17.4 Å². The van der Waals surface area contributed by atoms with Crippen LogP contribution in [0.15, 0.2) is 18.2 Å². The molecule has 1 saturated heterocycles. The Hall–Kier alpha value is -1.92. The summed E-state index contributed by atoms with van der Waals surface area (Å²) in [6.07, 6.45) is -0.00567. The van der Waals surface area contributed by atoms with Crippen molar-refractivity contribution >= 4 is 5.91 Å². The lowest BCUT2D eigenvalue weighted by molar-refractivity contribution is -0.153. The van der Waals surface area contributed by atoms with E-state index in [4.69, 9.17) is 9.47 Å². The Bertz CT molecular complexity index is 632. The largest absolute Gasteiger partial charge is 0.493 e. The molecular weight excluding hydrogens is 335 g/mol. The summed E-state index contributed by atoms with van der Waals surface area (Å²) in [6, 6.07) is 5.18. The third-order valence-electron chi connectivity index (χ3n) is 4.98. The summed E-state index contributed by atoms with van der Waals surface area (Å²) < 4.78 is 46.7. The molecule has 0 spiro atoms. The van der Waals surface area contributed by atoms with Crippen molar-refractivity contribution in [1.82, 2.24) is 4.90 Å². The van der Waals surface area contributed by atoms with E-state index in [1.54, 1.807) is 12.1 Å². The highest BCUT2D eigenvalue weighted by Crippen LogP contribution is 2.37. The topological polar surface area (TPSA) is 38.8 Å². The van der Waals surface area contributed by atoms with Gasteiger partial charge in [0.2, 0.25) is 5.91 Å². The smallest absolute Gasteiger partial charge is 0.422 e. The molecule has 25 heavy (non-hydrogen) atoms. The number of benzene rings is 1. The molecule has 2 fully saturated rings. The van der Waals surface area contributed by atoms with Crippen LogP contribution in [0, 0.1) is 5.92 Å². The molecule has 1 aliphatic carbocycles. The number of likely N-dealkylation sites (tertiary alicyclic amines) is 1. The van der Waals surface area contributed by atoms with Crippen LogP contribution in [0.25, 0.3) is 0 Å². The molecule has 2 bridgehead atoms. The third-order valence-corrected chi connectivity index (χ3v) is 4.98. The number of nitrogens with zero attached hydrogens (tertiary/aromatic N) is 1. The first-order chi connectivity index (χ1) is 11.9. The molecular formula is C18H22F3NO3. The van der Waals surface area contributed by atoms with Gasteiger partial charge in [0.15, 0.2) is 18.1 Å². The summed E-state index contributed by atoms with van der Waals surface area (Å²) in [4.78, 5) is 14.4. The number of hydrogen-bond acceptors (Lipinski definition) is 3. The highest BCUT2D eigenvalue weighted by Gasteiger charge is 2.39. The highest BCUT2D eigenvalue weighted by molar-refractivity contribution is 5.77. The molecule has 7 heteroatoms. The Morgan fingerprint density at radius 1 is 1.28 bits per heavy atom. The summed E-state index contributed by atoms with van der Waals surface area (Å²) in [5, 5.41) is 0. The maximum absolute atomic E-state index is 12.4. The van der Waals surface area contributed by atoms with Crippen molar-refractivity contribution in [2.75, 3.05) is 20.3 Å². The van der Waals surface area contributed by atoms with E-state index in [1.165, 1.54) is 19.6 Å². The van der Waals surface area contributed by atoms with Gasteiger partial charge < -0.3 is 14.4 Å². The minimum absolute atomic E-state index is 0.0479. The van der Waals surface area contributed by atoms with E-state index >= 15 is 0 Å².